The molecule has 1 N–H and O–H groups in total. The number of hydrogen-bond donors (Lipinski definition) is 1. The number of fused-ring (bicyclic) bond motifs is 1. The van der Waals surface area contributed by atoms with Crippen molar-refractivity contribution in [3.63, 3.8) is 0 Å². The largest absolute Gasteiger partial charge is 0.508 e. The van der Waals surface area contributed by atoms with Gasteiger partial charge in [0.25, 0.3) is 0 Å². The van der Waals surface area contributed by atoms with Gasteiger partial charge in [0, 0.05) is 26.4 Å². The van der Waals surface area contributed by atoms with Crippen molar-refractivity contribution in [2.45, 2.75) is 38.4 Å². The summed E-state index contributed by atoms with van der Waals surface area (Å²) >= 11 is 0. The molecule has 1 heterocycles. The van der Waals surface area contributed by atoms with Crippen LogP contribution in [0.3, 0.4) is 0 Å². The number of ether oxygens (including phenoxy) is 1. The molecule has 1 atom stereocenters. The molecule has 0 radical (unpaired) electrons. The van der Waals surface area contributed by atoms with Crippen molar-refractivity contribution in [1.82, 2.24) is 4.90 Å². The maximum Gasteiger partial charge on any atom is 0.222 e. The summed E-state index contributed by atoms with van der Waals surface area (Å²) in [4.78, 5) is 14.1. The van der Waals surface area contributed by atoms with Gasteiger partial charge < -0.3 is 14.7 Å². The van der Waals surface area contributed by atoms with Gasteiger partial charge in [0.05, 0.1) is 12.7 Å². The van der Waals surface area contributed by atoms with Crippen LogP contribution in [0.15, 0.2) is 48.5 Å². The summed E-state index contributed by atoms with van der Waals surface area (Å²) in [5.41, 5.74) is 3.72. The van der Waals surface area contributed by atoms with Crippen molar-refractivity contribution in [2.75, 3.05) is 13.6 Å². The molecule has 0 aliphatic carbocycles. The first-order valence-corrected chi connectivity index (χ1v) is 8.82. The molecule has 1 unspecified atom stereocenters. The fourth-order valence-corrected chi connectivity index (χ4v) is 3.23. The van der Waals surface area contributed by atoms with E-state index in [0.717, 1.165) is 24.8 Å². The maximum absolute atomic E-state index is 12.3. The van der Waals surface area contributed by atoms with E-state index in [1.54, 1.807) is 17.0 Å². The van der Waals surface area contributed by atoms with Gasteiger partial charge in [0.2, 0.25) is 5.91 Å². The predicted molar refractivity (Wildman–Crippen MR) is 97.4 cm³/mol. The van der Waals surface area contributed by atoms with E-state index in [-0.39, 0.29) is 17.8 Å². The van der Waals surface area contributed by atoms with E-state index in [2.05, 4.69) is 18.2 Å². The number of carbonyl (C=O) groups excluding carboxylic acids is 1. The number of carbonyl (C=O) groups is 1. The highest BCUT2D eigenvalue weighted by Gasteiger charge is 2.21. The third kappa shape index (κ3) is 4.83. The van der Waals surface area contributed by atoms with Crippen LogP contribution in [0, 0.1) is 0 Å². The standard InChI is InChI=1S/C21H25NO3/c1-22(14-20-13-17-6-2-3-7-18(17)15-25-20)21(24)8-4-5-16-9-11-19(23)12-10-16/h2-3,6-7,9-12,20,23H,4-5,8,13-15H2,1H3. The molecule has 0 spiro atoms. The second-order valence-electron chi connectivity index (χ2n) is 6.70. The molecule has 3 rings (SSSR count). The summed E-state index contributed by atoms with van der Waals surface area (Å²) in [6, 6.07) is 15.5. The van der Waals surface area contributed by atoms with Crippen LogP contribution in [0.4, 0.5) is 0 Å². The van der Waals surface area contributed by atoms with Gasteiger partial charge in [0.15, 0.2) is 0 Å². The molecule has 0 aromatic heterocycles. The molecule has 1 aliphatic heterocycles. The minimum absolute atomic E-state index is 0.0703. The first kappa shape index (κ1) is 17.5. The Hall–Kier alpha value is -2.33. The highest BCUT2D eigenvalue weighted by molar-refractivity contribution is 5.75. The number of benzene rings is 2. The fourth-order valence-electron chi connectivity index (χ4n) is 3.23. The number of nitrogens with zero attached hydrogens (tertiary/aromatic N) is 1. The van der Waals surface area contributed by atoms with E-state index in [1.807, 2.05) is 25.2 Å². The second kappa shape index (κ2) is 8.17. The fraction of sp³-hybridized carbons (Fsp3) is 0.381. The van der Waals surface area contributed by atoms with E-state index in [0.29, 0.717) is 19.6 Å². The molecule has 1 amide bonds. The first-order valence-electron chi connectivity index (χ1n) is 8.82. The quantitative estimate of drug-likeness (QED) is 0.878. The number of hydrogen-bond acceptors (Lipinski definition) is 3. The lowest BCUT2D eigenvalue weighted by atomic mass is 9.99. The Morgan fingerprint density at radius 3 is 2.64 bits per heavy atom. The van der Waals surface area contributed by atoms with Crippen LogP contribution in [-0.2, 0) is 29.0 Å². The van der Waals surface area contributed by atoms with E-state index in [4.69, 9.17) is 4.74 Å². The van der Waals surface area contributed by atoms with Crippen molar-refractivity contribution >= 4 is 5.91 Å². The van der Waals surface area contributed by atoms with Crippen molar-refractivity contribution in [2.24, 2.45) is 0 Å². The first-order chi connectivity index (χ1) is 12.1. The Balaban J connectivity index is 1.43. The zero-order valence-electron chi connectivity index (χ0n) is 14.6. The lowest BCUT2D eigenvalue weighted by Crippen LogP contribution is -2.38. The van der Waals surface area contributed by atoms with Crippen LogP contribution in [0.5, 0.6) is 5.75 Å². The van der Waals surface area contributed by atoms with Gasteiger partial charge in [-0.25, -0.2) is 0 Å². The van der Waals surface area contributed by atoms with Crippen LogP contribution in [0.1, 0.15) is 29.5 Å². The van der Waals surface area contributed by atoms with Gasteiger partial charge in [-0.15, -0.1) is 0 Å². The van der Waals surface area contributed by atoms with Gasteiger partial charge >= 0.3 is 0 Å². The molecule has 4 heteroatoms. The summed E-state index contributed by atoms with van der Waals surface area (Å²) in [5.74, 6) is 0.426. The highest BCUT2D eigenvalue weighted by atomic mass is 16.5. The number of aromatic hydroxyl groups is 1. The average molecular weight is 339 g/mol. The van der Waals surface area contributed by atoms with Crippen molar-refractivity contribution in [3.05, 3.63) is 65.2 Å². The second-order valence-corrected chi connectivity index (χ2v) is 6.70. The van der Waals surface area contributed by atoms with Crippen LogP contribution >= 0.6 is 0 Å². The normalized spacial score (nSPS) is 16.3. The number of amides is 1. The van der Waals surface area contributed by atoms with Gasteiger partial charge in [-0.1, -0.05) is 36.4 Å². The zero-order valence-corrected chi connectivity index (χ0v) is 14.6. The Labute approximate surface area is 149 Å². The van der Waals surface area contributed by atoms with Gasteiger partial charge in [0.1, 0.15) is 5.75 Å². The lowest BCUT2D eigenvalue weighted by Gasteiger charge is -2.29. The summed E-state index contributed by atoms with van der Waals surface area (Å²) in [6.45, 7) is 1.26. The number of phenolic OH excluding ortho intramolecular Hbond substituents is 1. The molecule has 2 aromatic rings. The lowest BCUT2D eigenvalue weighted by molar-refractivity contribution is -0.132. The molecule has 1 aliphatic rings. The topological polar surface area (TPSA) is 49.8 Å². The van der Waals surface area contributed by atoms with Crippen molar-refractivity contribution in [1.29, 1.82) is 0 Å². The Morgan fingerprint density at radius 2 is 1.88 bits per heavy atom. The maximum atomic E-state index is 12.3. The smallest absolute Gasteiger partial charge is 0.222 e. The van der Waals surface area contributed by atoms with Crippen LogP contribution < -0.4 is 0 Å². The average Bonchev–Trinajstić information content (AvgIpc) is 2.63. The molecule has 25 heavy (non-hydrogen) atoms. The number of aryl methyl sites for hydroxylation is 1. The zero-order chi connectivity index (χ0) is 17.6. The van der Waals surface area contributed by atoms with E-state index in [9.17, 15) is 9.90 Å². The monoisotopic (exact) mass is 339 g/mol. The molecule has 0 saturated carbocycles. The van der Waals surface area contributed by atoms with Gasteiger partial charge in [-0.3, -0.25) is 4.79 Å². The number of rotatable bonds is 6. The van der Waals surface area contributed by atoms with E-state index in [1.165, 1.54) is 11.1 Å². The number of phenols is 1. The minimum Gasteiger partial charge on any atom is -0.508 e. The van der Waals surface area contributed by atoms with Crippen LogP contribution in [0.2, 0.25) is 0 Å². The van der Waals surface area contributed by atoms with Crippen molar-refractivity contribution in [3.8, 4) is 5.75 Å². The number of likely N-dealkylation sites (N-methyl/N-ethyl adjacent to an activating group) is 1. The summed E-state index contributed by atoms with van der Waals surface area (Å²) in [6.07, 6.45) is 3.11. The third-order valence-corrected chi connectivity index (χ3v) is 4.74. The Bertz CT molecular complexity index is 711. The molecule has 0 bridgehead atoms. The Morgan fingerprint density at radius 1 is 1.16 bits per heavy atom. The molecule has 0 fully saturated rings. The summed E-state index contributed by atoms with van der Waals surface area (Å²) < 4.78 is 5.89. The summed E-state index contributed by atoms with van der Waals surface area (Å²) in [7, 11) is 1.85. The SMILES string of the molecule is CN(CC1Cc2ccccc2CO1)C(=O)CCCc1ccc(O)cc1. The molecule has 4 nitrogen and oxygen atoms in total. The molecular weight excluding hydrogens is 314 g/mol. The van der Waals surface area contributed by atoms with Crippen LogP contribution in [-0.4, -0.2) is 35.6 Å². The highest BCUT2D eigenvalue weighted by Crippen LogP contribution is 2.21. The Kier molecular flexibility index (Phi) is 5.71. The predicted octanol–water partition coefficient (Wildman–Crippen LogP) is 3.31. The summed E-state index contributed by atoms with van der Waals surface area (Å²) in [5, 5.41) is 9.29. The third-order valence-electron chi connectivity index (χ3n) is 4.74. The minimum atomic E-state index is 0.0703. The van der Waals surface area contributed by atoms with Crippen molar-refractivity contribution < 1.29 is 14.6 Å². The molecule has 0 saturated heterocycles. The van der Waals surface area contributed by atoms with Crippen LogP contribution in [0.25, 0.3) is 0 Å². The van der Waals surface area contributed by atoms with E-state index >= 15 is 0 Å². The molecule has 2 aromatic carbocycles. The van der Waals surface area contributed by atoms with E-state index < -0.39 is 0 Å². The molecular formula is C21H25NO3. The van der Waals surface area contributed by atoms with Gasteiger partial charge in [-0.2, -0.15) is 0 Å². The molecule has 132 valence electrons. The van der Waals surface area contributed by atoms with Gasteiger partial charge in [-0.05, 0) is 41.7 Å².